The molecule has 16 heavy (non-hydrogen) atoms. The molecule has 1 rings (SSSR count). The van der Waals surface area contributed by atoms with Gasteiger partial charge in [0.25, 0.3) is 0 Å². The molecule has 0 radical (unpaired) electrons. The van der Waals surface area contributed by atoms with E-state index in [0.717, 1.165) is 0 Å². The van der Waals surface area contributed by atoms with Gasteiger partial charge in [-0.1, -0.05) is 0 Å². The van der Waals surface area contributed by atoms with Crippen molar-refractivity contribution in [2.45, 2.75) is 13.3 Å². The number of carboxylic acids is 1. The molecule has 0 aromatic carbocycles. The molecule has 0 aliphatic heterocycles. The smallest absolute Gasteiger partial charge is 0.305 e. The highest BCUT2D eigenvalue weighted by Gasteiger charge is 2.09. The zero-order valence-corrected chi connectivity index (χ0v) is 9.38. The summed E-state index contributed by atoms with van der Waals surface area (Å²) >= 11 is 0. The molecule has 1 aromatic rings. The molecule has 0 aliphatic rings. The average molecular weight is 225 g/mol. The monoisotopic (exact) mass is 225 g/mol. The van der Waals surface area contributed by atoms with E-state index in [9.17, 15) is 4.79 Å². The minimum absolute atomic E-state index is 0.0835. The second-order valence-electron chi connectivity index (χ2n) is 3.14. The maximum atomic E-state index is 10.5. The molecule has 1 N–H and O–H groups in total. The highest BCUT2D eigenvalue weighted by Crippen LogP contribution is 2.15. The first-order valence-corrected chi connectivity index (χ1v) is 5.00. The van der Waals surface area contributed by atoms with Crippen LogP contribution in [0.5, 0.6) is 5.88 Å². The molecule has 0 saturated carbocycles. The highest BCUT2D eigenvalue weighted by atomic mass is 16.5. The summed E-state index contributed by atoms with van der Waals surface area (Å²) in [6.45, 7) is 3.05. The Balaban J connectivity index is 2.73. The Labute approximate surface area is 93.9 Å². The lowest BCUT2D eigenvalue weighted by atomic mass is 10.3. The Bertz CT molecular complexity index is 357. The second kappa shape index (κ2) is 5.89. The summed E-state index contributed by atoms with van der Waals surface area (Å²) in [6.07, 6.45) is 1.48. The van der Waals surface area contributed by atoms with E-state index in [4.69, 9.17) is 9.84 Å². The van der Waals surface area contributed by atoms with Crippen molar-refractivity contribution in [1.82, 2.24) is 9.97 Å². The Kier molecular flexibility index (Phi) is 4.50. The van der Waals surface area contributed by atoms with Gasteiger partial charge in [0.05, 0.1) is 13.5 Å². The number of nitrogens with zero attached hydrogens (tertiary/aromatic N) is 3. The topological polar surface area (TPSA) is 75.6 Å². The van der Waals surface area contributed by atoms with Gasteiger partial charge in [0.2, 0.25) is 5.88 Å². The molecule has 6 nitrogen and oxygen atoms in total. The summed E-state index contributed by atoms with van der Waals surface area (Å²) in [5, 5.41) is 8.62. The number of carbonyl (C=O) groups is 1. The van der Waals surface area contributed by atoms with Gasteiger partial charge in [-0.05, 0) is 6.92 Å². The number of ether oxygens (including phenoxy) is 1. The minimum Gasteiger partial charge on any atom is -0.481 e. The standard InChI is InChI=1S/C10H15N3O3/c1-3-13(5-4-10(14)15)8-6-9(16-2)12-7-11-8/h6-7H,3-5H2,1-2H3,(H,14,15). The van der Waals surface area contributed by atoms with Crippen molar-refractivity contribution in [3.63, 3.8) is 0 Å². The zero-order chi connectivity index (χ0) is 12.0. The van der Waals surface area contributed by atoms with Gasteiger partial charge in [0.1, 0.15) is 12.1 Å². The lowest BCUT2D eigenvalue weighted by Crippen LogP contribution is -2.26. The maximum Gasteiger partial charge on any atom is 0.305 e. The van der Waals surface area contributed by atoms with Gasteiger partial charge in [-0.2, -0.15) is 0 Å². The molecule has 0 atom stereocenters. The van der Waals surface area contributed by atoms with E-state index in [0.29, 0.717) is 24.8 Å². The van der Waals surface area contributed by atoms with Gasteiger partial charge < -0.3 is 14.7 Å². The molecule has 1 aromatic heterocycles. The predicted octanol–water partition coefficient (Wildman–Crippen LogP) is 0.786. The Morgan fingerprint density at radius 2 is 2.31 bits per heavy atom. The quantitative estimate of drug-likeness (QED) is 0.771. The third-order valence-corrected chi connectivity index (χ3v) is 2.14. The minimum atomic E-state index is -0.820. The first kappa shape index (κ1) is 12.2. The van der Waals surface area contributed by atoms with Crippen LogP contribution in [0.1, 0.15) is 13.3 Å². The van der Waals surface area contributed by atoms with E-state index in [2.05, 4.69) is 9.97 Å². The molecule has 0 spiro atoms. The number of aliphatic carboxylic acids is 1. The fraction of sp³-hybridized carbons (Fsp3) is 0.500. The number of carboxylic acid groups (broad SMARTS) is 1. The zero-order valence-electron chi connectivity index (χ0n) is 9.38. The fourth-order valence-corrected chi connectivity index (χ4v) is 1.28. The lowest BCUT2D eigenvalue weighted by Gasteiger charge is -2.20. The molecule has 6 heteroatoms. The number of rotatable bonds is 6. The van der Waals surface area contributed by atoms with E-state index in [-0.39, 0.29) is 6.42 Å². The number of methoxy groups -OCH3 is 1. The third-order valence-electron chi connectivity index (χ3n) is 2.14. The van der Waals surface area contributed by atoms with Crippen LogP contribution in [0.3, 0.4) is 0 Å². The third kappa shape index (κ3) is 3.38. The van der Waals surface area contributed by atoms with Crippen LogP contribution < -0.4 is 9.64 Å². The van der Waals surface area contributed by atoms with Crippen LogP contribution in [0.15, 0.2) is 12.4 Å². The average Bonchev–Trinajstić information content (AvgIpc) is 2.30. The van der Waals surface area contributed by atoms with Crippen molar-refractivity contribution in [3.8, 4) is 5.88 Å². The first-order chi connectivity index (χ1) is 7.67. The van der Waals surface area contributed by atoms with Crippen molar-refractivity contribution < 1.29 is 14.6 Å². The van der Waals surface area contributed by atoms with Crippen LogP contribution in [0.4, 0.5) is 5.82 Å². The van der Waals surface area contributed by atoms with E-state index in [1.54, 1.807) is 6.07 Å². The van der Waals surface area contributed by atoms with Gasteiger partial charge in [-0.15, -0.1) is 0 Å². The van der Waals surface area contributed by atoms with Gasteiger partial charge >= 0.3 is 5.97 Å². The lowest BCUT2D eigenvalue weighted by molar-refractivity contribution is -0.136. The molecule has 0 bridgehead atoms. The van der Waals surface area contributed by atoms with Crippen LogP contribution in [0, 0.1) is 0 Å². The van der Waals surface area contributed by atoms with Gasteiger partial charge in [0.15, 0.2) is 0 Å². The first-order valence-electron chi connectivity index (χ1n) is 5.00. The second-order valence-corrected chi connectivity index (χ2v) is 3.14. The number of anilines is 1. The van der Waals surface area contributed by atoms with Crippen LogP contribution in [0.2, 0.25) is 0 Å². The van der Waals surface area contributed by atoms with Crippen molar-refractivity contribution in [1.29, 1.82) is 0 Å². The summed E-state index contributed by atoms with van der Waals surface area (Å²) in [4.78, 5) is 20.3. The summed E-state index contributed by atoms with van der Waals surface area (Å²) < 4.78 is 4.98. The van der Waals surface area contributed by atoms with Crippen LogP contribution >= 0.6 is 0 Å². The van der Waals surface area contributed by atoms with Gasteiger partial charge in [0, 0.05) is 19.2 Å². The number of aromatic nitrogens is 2. The van der Waals surface area contributed by atoms with E-state index in [1.165, 1.54) is 13.4 Å². The van der Waals surface area contributed by atoms with Gasteiger partial charge in [-0.25, -0.2) is 9.97 Å². The van der Waals surface area contributed by atoms with E-state index >= 15 is 0 Å². The summed E-state index contributed by atoms with van der Waals surface area (Å²) in [7, 11) is 1.53. The SMILES string of the molecule is CCN(CCC(=O)O)c1cc(OC)ncn1. The Morgan fingerprint density at radius 3 is 2.88 bits per heavy atom. The molecular formula is C10H15N3O3. The van der Waals surface area contributed by atoms with Crippen LogP contribution in [-0.4, -0.2) is 41.2 Å². The van der Waals surface area contributed by atoms with Crippen LogP contribution in [-0.2, 0) is 4.79 Å². The molecule has 1 heterocycles. The largest absolute Gasteiger partial charge is 0.481 e. The molecule has 0 fully saturated rings. The van der Waals surface area contributed by atoms with Gasteiger partial charge in [-0.3, -0.25) is 4.79 Å². The maximum absolute atomic E-state index is 10.5. The normalized spacial score (nSPS) is 9.88. The van der Waals surface area contributed by atoms with Crippen molar-refractivity contribution in [2.24, 2.45) is 0 Å². The molecule has 0 saturated heterocycles. The van der Waals surface area contributed by atoms with E-state index < -0.39 is 5.97 Å². The molecule has 0 aliphatic carbocycles. The van der Waals surface area contributed by atoms with Crippen molar-refractivity contribution in [2.75, 3.05) is 25.1 Å². The van der Waals surface area contributed by atoms with Crippen LogP contribution in [0.25, 0.3) is 0 Å². The number of hydrogen-bond acceptors (Lipinski definition) is 5. The Morgan fingerprint density at radius 1 is 1.56 bits per heavy atom. The molecular weight excluding hydrogens is 210 g/mol. The molecule has 0 unspecified atom stereocenters. The van der Waals surface area contributed by atoms with Crippen molar-refractivity contribution >= 4 is 11.8 Å². The fourth-order valence-electron chi connectivity index (χ4n) is 1.28. The van der Waals surface area contributed by atoms with Crippen molar-refractivity contribution in [3.05, 3.63) is 12.4 Å². The summed E-state index contributed by atoms with van der Waals surface area (Å²) in [5.74, 6) is 0.328. The molecule has 0 amide bonds. The highest BCUT2D eigenvalue weighted by molar-refractivity contribution is 5.67. The summed E-state index contributed by atoms with van der Waals surface area (Å²) in [6, 6.07) is 1.69. The summed E-state index contributed by atoms with van der Waals surface area (Å²) in [5.41, 5.74) is 0. The Hall–Kier alpha value is -1.85. The predicted molar refractivity (Wildman–Crippen MR) is 58.7 cm³/mol. The van der Waals surface area contributed by atoms with E-state index in [1.807, 2.05) is 11.8 Å². The number of hydrogen-bond donors (Lipinski definition) is 1. The molecule has 88 valence electrons.